The van der Waals surface area contributed by atoms with E-state index < -0.39 is 39.4 Å². The highest BCUT2D eigenvalue weighted by Gasteiger charge is 2.42. The molecule has 150 valence electrons. The second-order valence-electron chi connectivity index (χ2n) is 7.17. The Morgan fingerprint density at radius 1 is 1.19 bits per heavy atom. The van der Waals surface area contributed by atoms with E-state index in [9.17, 15) is 28.2 Å². The van der Waals surface area contributed by atoms with E-state index in [1.165, 1.54) is 12.1 Å². The third-order valence-corrected chi connectivity index (χ3v) is 6.10. The summed E-state index contributed by atoms with van der Waals surface area (Å²) >= 11 is 0. The maximum Gasteiger partial charge on any atom is 0.329 e. The third-order valence-electron chi connectivity index (χ3n) is 4.98. The van der Waals surface area contributed by atoms with Crippen LogP contribution >= 0.6 is 0 Å². The summed E-state index contributed by atoms with van der Waals surface area (Å²) in [6.45, 7) is 0. The van der Waals surface area contributed by atoms with Gasteiger partial charge >= 0.3 is 5.97 Å². The van der Waals surface area contributed by atoms with E-state index in [0.717, 1.165) is 12.7 Å². The summed E-state index contributed by atoms with van der Waals surface area (Å²) in [6, 6.07) is 5.06. The Hall–Kier alpha value is -1.97. The molecule has 0 aliphatic heterocycles. The molecule has 0 unspecified atom stereocenters. The topological polar surface area (TPSA) is 147 Å². The van der Waals surface area contributed by atoms with Crippen LogP contribution in [0.4, 0.5) is 0 Å². The summed E-state index contributed by atoms with van der Waals surface area (Å²) in [5.74, 6) is -1.91. The van der Waals surface area contributed by atoms with Crippen molar-refractivity contribution in [3.63, 3.8) is 0 Å². The number of carboxylic acid groups (broad SMARTS) is 1. The third kappa shape index (κ3) is 5.27. The van der Waals surface area contributed by atoms with Crippen LogP contribution in [0.5, 0.6) is 0 Å². The molecule has 1 aromatic rings. The van der Waals surface area contributed by atoms with E-state index in [1.54, 1.807) is 12.1 Å². The number of carboxylic acids is 1. The van der Waals surface area contributed by atoms with Crippen LogP contribution in [0.15, 0.2) is 29.2 Å². The number of carbonyl (C=O) groups is 2. The van der Waals surface area contributed by atoms with Gasteiger partial charge in [-0.1, -0.05) is 31.4 Å². The van der Waals surface area contributed by atoms with Crippen molar-refractivity contribution in [1.29, 1.82) is 0 Å². The first-order valence-corrected chi connectivity index (χ1v) is 10.7. The first-order valence-electron chi connectivity index (χ1n) is 8.83. The summed E-state index contributed by atoms with van der Waals surface area (Å²) < 4.78 is 22.9. The summed E-state index contributed by atoms with van der Waals surface area (Å²) in [5.41, 5.74) is 5.23. The number of nitrogens with two attached hydrogens (primary N) is 1. The zero-order valence-electron chi connectivity index (χ0n) is 15.2. The van der Waals surface area contributed by atoms with Crippen molar-refractivity contribution < 1.29 is 28.2 Å². The van der Waals surface area contributed by atoms with Crippen molar-refractivity contribution in [3.05, 3.63) is 29.8 Å². The highest BCUT2D eigenvalue weighted by atomic mass is 32.2. The molecule has 1 fully saturated rings. The van der Waals surface area contributed by atoms with Crippen LogP contribution in [0.2, 0.25) is 0 Å². The lowest BCUT2D eigenvalue weighted by atomic mass is 9.81. The molecule has 1 aliphatic carbocycles. The predicted molar refractivity (Wildman–Crippen MR) is 98.8 cm³/mol. The number of benzene rings is 1. The van der Waals surface area contributed by atoms with Gasteiger partial charge in [0.05, 0.1) is 4.90 Å². The lowest BCUT2D eigenvalue weighted by Crippen LogP contribution is -2.60. The van der Waals surface area contributed by atoms with Crippen LogP contribution in [-0.2, 0) is 25.8 Å². The zero-order chi connectivity index (χ0) is 20.2. The average molecular weight is 398 g/mol. The van der Waals surface area contributed by atoms with Crippen LogP contribution in [0.25, 0.3) is 0 Å². The Morgan fingerprint density at radius 2 is 1.74 bits per heavy atom. The van der Waals surface area contributed by atoms with Crippen LogP contribution in [0.1, 0.15) is 37.7 Å². The second-order valence-corrected chi connectivity index (χ2v) is 9.18. The Kier molecular flexibility index (Phi) is 6.61. The van der Waals surface area contributed by atoms with Crippen LogP contribution in [0, 0.1) is 0 Å². The normalized spacial score (nSPS) is 19.1. The molecule has 9 heteroatoms. The molecular weight excluding hydrogens is 372 g/mol. The van der Waals surface area contributed by atoms with Crippen molar-refractivity contribution in [2.24, 2.45) is 5.73 Å². The van der Waals surface area contributed by atoms with Crippen LogP contribution < -0.4 is 11.1 Å². The SMILES string of the molecule is CS(=O)(=O)c1ccc(C[C@@H](N)[C@H](O)C(=O)NC2(C(=O)O)CCCCC2)cc1. The van der Waals surface area contributed by atoms with Crippen molar-refractivity contribution in [3.8, 4) is 0 Å². The van der Waals surface area contributed by atoms with Gasteiger partial charge in [-0.15, -0.1) is 0 Å². The Balaban J connectivity index is 2.02. The molecule has 0 spiro atoms. The highest BCUT2D eigenvalue weighted by molar-refractivity contribution is 7.90. The monoisotopic (exact) mass is 398 g/mol. The minimum absolute atomic E-state index is 0.138. The lowest BCUT2D eigenvalue weighted by molar-refractivity contribution is -0.151. The first kappa shape index (κ1) is 21.3. The van der Waals surface area contributed by atoms with Gasteiger partial charge in [0.2, 0.25) is 0 Å². The minimum Gasteiger partial charge on any atom is -0.480 e. The zero-order valence-corrected chi connectivity index (χ0v) is 16.0. The Labute approximate surface area is 158 Å². The van der Waals surface area contributed by atoms with Crippen molar-refractivity contribution in [2.75, 3.05) is 6.26 Å². The average Bonchev–Trinajstić information content (AvgIpc) is 2.61. The van der Waals surface area contributed by atoms with Gasteiger partial charge in [0.1, 0.15) is 11.6 Å². The molecule has 0 bridgehead atoms. The molecule has 0 heterocycles. The number of sulfone groups is 1. The summed E-state index contributed by atoms with van der Waals surface area (Å²) in [5, 5.41) is 22.2. The van der Waals surface area contributed by atoms with Crippen LogP contribution in [-0.4, -0.2) is 54.4 Å². The van der Waals surface area contributed by atoms with Gasteiger partial charge in [0.15, 0.2) is 9.84 Å². The number of aliphatic hydroxyl groups excluding tert-OH is 1. The van der Waals surface area contributed by atoms with Gasteiger partial charge in [-0.3, -0.25) is 4.79 Å². The van der Waals surface area contributed by atoms with Gasteiger partial charge in [0.25, 0.3) is 5.91 Å². The largest absolute Gasteiger partial charge is 0.480 e. The molecule has 2 rings (SSSR count). The molecule has 27 heavy (non-hydrogen) atoms. The van der Waals surface area contributed by atoms with Gasteiger partial charge in [-0.05, 0) is 37.0 Å². The molecule has 1 aromatic carbocycles. The van der Waals surface area contributed by atoms with E-state index in [0.29, 0.717) is 31.2 Å². The Morgan fingerprint density at radius 3 is 2.22 bits per heavy atom. The van der Waals surface area contributed by atoms with Crippen molar-refractivity contribution in [2.45, 2.75) is 61.1 Å². The number of amides is 1. The summed E-state index contributed by atoms with van der Waals surface area (Å²) in [6.07, 6.45) is 2.62. The van der Waals surface area contributed by atoms with Crippen molar-refractivity contribution >= 4 is 21.7 Å². The van der Waals surface area contributed by atoms with Gasteiger partial charge in [-0.25, -0.2) is 13.2 Å². The molecule has 0 radical (unpaired) electrons. The quantitative estimate of drug-likeness (QED) is 0.514. The van der Waals surface area contributed by atoms with E-state index in [2.05, 4.69) is 5.32 Å². The number of carbonyl (C=O) groups excluding carboxylic acids is 1. The van der Waals surface area contributed by atoms with E-state index in [1.807, 2.05) is 0 Å². The fourth-order valence-corrected chi connectivity index (χ4v) is 3.94. The molecular formula is C18H26N2O6S. The maximum absolute atomic E-state index is 12.4. The lowest BCUT2D eigenvalue weighted by Gasteiger charge is -2.35. The van der Waals surface area contributed by atoms with Crippen LogP contribution in [0.3, 0.4) is 0 Å². The fraction of sp³-hybridized carbons (Fsp3) is 0.556. The molecule has 2 atom stereocenters. The number of hydrogen-bond donors (Lipinski definition) is 4. The molecule has 1 amide bonds. The van der Waals surface area contributed by atoms with E-state index in [-0.39, 0.29) is 11.3 Å². The van der Waals surface area contributed by atoms with Gasteiger partial charge < -0.3 is 21.3 Å². The smallest absolute Gasteiger partial charge is 0.329 e. The fourth-order valence-electron chi connectivity index (χ4n) is 3.31. The molecule has 5 N–H and O–H groups in total. The number of aliphatic carboxylic acids is 1. The predicted octanol–water partition coefficient (Wildman–Crippen LogP) is 0.225. The maximum atomic E-state index is 12.4. The van der Waals surface area contributed by atoms with E-state index in [4.69, 9.17) is 5.73 Å². The van der Waals surface area contributed by atoms with E-state index >= 15 is 0 Å². The number of aliphatic hydroxyl groups is 1. The second kappa shape index (κ2) is 8.37. The molecule has 0 aromatic heterocycles. The molecule has 0 saturated heterocycles. The standard InChI is InChI=1S/C18H26N2O6S/c1-27(25,26)13-7-5-12(6-8-13)11-14(19)15(21)16(22)20-18(17(23)24)9-3-2-4-10-18/h5-8,14-15,21H,2-4,9-11,19H2,1H3,(H,20,22)(H,23,24)/t14-,15+/m1/s1. The van der Waals surface area contributed by atoms with Crippen molar-refractivity contribution in [1.82, 2.24) is 5.32 Å². The van der Waals surface area contributed by atoms with Gasteiger partial charge in [0, 0.05) is 12.3 Å². The number of nitrogens with one attached hydrogen (secondary N) is 1. The molecule has 1 aliphatic rings. The van der Waals surface area contributed by atoms with Gasteiger partial charge in [-0.2, -0.15) is 0 Å². The summed E-state index contributed by atoms with van der Waals surface area (Å²) in [4.78, 5) is 24.2. The minimum atomic E-state index is -3.31. The first-order chi connectivity index (χ1) is 12.5. The summed E-state index contributed by atoms with van der Waals surface area (Å²) in [7, 11) is -3.31. The number of rotatable bonds is 7. The highest BCUT2D eigenvalue weighted by Crippen LogP contribution is 2.28. The molecule has 1 saturated carbocycles. The molecule has 8 nitrogen and oxygen atoms in total. The Bertz CT molecular complexity index is 785. The number of hydrogen-bond acceptors (Lipinski definition) is 6.